The third kappa shape index (κ3) is 3.65. The first-order valence-corrected chi connectivity index (χ1v) is 8.25. The molecule has 0 aliphatic rings. The van der Waals surface area contributed by atoms with Gasteiger partial charge in [-0.3, -0.25) is 0 Å². The minimum Gasteiger partial charge on any atom is -0.310 e. The lowest BCUT2D eigenvalue weighted by molar-refractivity contribution is 0.487. The van der Waals surface area contributed by atoms with Crippen LogP contribution in [0.5, 0.6) is 0 Å². The summed E-state index contributed by atoms with van der Waals surface area (Å²) in [7, 11) is 0. The standard InChI is InChI=1S/C15H16BrF2NS/c1-2-6-19-13(8-10-5-7-20-9-10)11-3-4-12(17)15(18)14(11)16/h3-5,7,9,13,19H,2,6,8H2,1H3. The van der Waals surface area contributed by atoms with Gasteiger partial charge in [0.25, 0.3) is 0 Å². The summed E-state index contributed by atoms with van der Waals surface area (Å²) in [4.78, 5) is 0. The second-order valence-electron chi connectivity index (χ2n) is 4.61. The van der Waals surface area contributed by atoms with Gasteiger partial charge < -0.3 is 5.32 Å². The van der Waals surface area contributed by atoms with Gasteiger partial charge in [0.2, 0.25) is 0 Å². The largest absolute Gasteiger partial charge is 0.310 e. The molecule has 0 spiro atoms. The van der Waals surface area contributed by atoms with Crippen LogP contribution in [-0.2, 0) is 6.42 Å². The topological polar surface area (TPSA) is 12.0 Å². The van der Waals surface area contributed by atoms with Crippen molar-refractivity contribution in [3.8, 4) is 0 Å². The smallest absolute Gasteiger partial charge is 0.173 e. The molecular formula is C15H16BrF2NS. The molecular weight excluding hydrogens is 344 g/mol. The van der Waals surface area contributed by atoms with E-state index in [1.165, 1.54) is 11.6 Å². The molecule has 0 aliphatic heterocycles. The van der Waals surface area contributed by atoms with E-state index in [9.17, 15) is 8.78 Å². The average molecular weight is 360 g/mol. The molecule has 0 amide bonds. The fourth-order valence-corrected chi connectivity index (χ4v) is 3.34. The molecule has 1 nitrogen and oxygen atoms in total. The monoisotopic (exact) mass is 359 g/mol. The van der Waals surface area contributed by atoms with Crippen LogP contribution in [0.3, 0.4) is 0 Å². The van der Waals surface area contributed by atoms with E-state index in [-0.39, 0.29) is 10.5 Å². The second-order valence-corrected chi connectivity index (χ2v) is 6.18. The van der Waals surface area contributed by atoms with Crippen molar-refractivity contribution < 1.29 is 8.78 Å². The Balaban J connectivity index is 2.28. The molecule has 0 saturated carbocycles. The second kappa shape index (κ2) is 7.29. The molecule has 0 fully saturated rings. The summed E-state index contributed by atoms with van der Waals surface area (Å²) in [5, 5.41) is 7.50. The summed E-state index contributed by atoms with van der Waals surface area (Å²) >= 11 is 4.81. The molecule has 0 saturated heterocycles. The summed E-state index contributed by atoms with van der Waals surface area (Å²) in [6, 6.07) is 4.85. The Labute approximate surface area is 130 Å². The molecule has 1 aromatic carbocycles. The predicted molar refractivity (Wildman–Crippen MR) is 83.1 cm³/mol. The molecule has 2 aromatic rings. The fourth-order valence-electron chi connectivity index (χ4n) is 2.07. The van der Waals surface area contributed by atoms with Gasteiger partial charge >= 0.3 is 0 Å². The molecule has 0 radical (unpaired) electrons. The van der Waals surface area contributed by atoms with Gasteiger partial charge in [0.15, 0.2) is 11.6 Å². The molecule has 1 N–H and O–H groups in total. The van der Waals surface area contributed by atoms with Crippen LogP contribution < -0.4 is 5.32 Å². The van der Waals surface area contributed by atoms with E-state index >= 15 is 0 Å². The summed E-state index contributed by atoms with van der Waals surface area (Å²) < 4.78 is 27.1. The van der Waals surface area contributed by atoms with Crippen molar-refractivity contribution in [1.82, 2.24) is 5.32 Å². The van der Waals surface area contributed by atoms with Gasteiger partial charge in [0.1, 0.15) is 0 Å². The van der Waals surface area contributed by atoms with E-state index in [1.807, 2.05) is 5.38 Å². The van der Waals surface area contributed by atoms with Crippen molar-refractivity contribution in [2.24, 2.45) is 0 Å². The summed E-state index contributed by atoms with van der Waals surface area (Å²) in [6.45, 7) is 2.91. The van der Waals surface area contributed by atoms with E-state index < -0.39 is 11.6 Å². The number of nitrogens with one attached hydrogen (secondary N) is 1. The minimum absolute atomic E-state index is 0.0333. The molecule has 108 valence electrons. The molecule has 0 bridgehead atoms. The van der Waals surface area contributed by atoms with Crippen molar-refractivity contribution >= 4 is 27.3 Å². The Morgan fingerprint density at radius 3 is 2.75 bits per heavy atom. The van der Waals surface area contributed by atoms with Gasteiger partial charge in [-0.1, -0.05) is 13.0 Å². The van der Waals surface area contributed by atoms with E-state index in [0.717, 1.165) is 24.9 Å². The fraction of sp³-hybridized carbons (Fsp3) is 0.333. The van der Waals surface area contributed by atoms with E-state index in [4.69, 9.17) is 0 Å². The number of halogens is 3. The summed E-state index contributed by atoms with van der Waals surface area (Å²) in [5.74, 6) is -1.65. The third-order valence-corrected chi connectivity index (χ3v) is 4.64. The van der Waals surface area contributed by atoms with Crippen LogP contribution in [0.25, 0.3) is 0 Å². The molecule has 1 heterocycles. The SMILES string of the molecule is CCCNC(Cc1ccsc1)c1ccc(F)c(F)c1Br. The van der Waals surface area contributed by atoms with Gasteiger partial charge in [-0.2, -0.15) is 11.3 Å². The summed E-state index contributed by atoms with van der Waals surface area (Å²) in [6.07, 6.45) is 1.74. The van der Waals surface area contributed by atoms with E-state index in [0.29, 0.717) is 0 Å². The lowest BCUT2D eigenvalue weighted by Gasteiger charge is -2.20. The van der Waals surface area contributed by atoms with Gasteiger partial charge in [-0.05, 0) is 69.3 Å². The van der Waals surface area contributed by atoms with Gasteiger partial charge in [0.05, 0.1) is 4.47 Å². The Hall–Kier alpha value is -0.780. The van der Waals surface area contributed by atoms with Crippen LogP contribution in [0.4, 0.5) is 8.78 Å². The maximum atomic E-state index is 13.7. The first-order chi connectivity index (χ1) is 9.63. The molecule has 2 rings (SSSR count). The molecule has 1 aromatic heterocycles. The van der Waals surface area contributed by atoms with Crippen LogP contribution in [0.1, 0.15) is 30.5 Å². The highest BCUT2D eigenvalue weighted by Gasteiger charge is 2.19. The maximum Gasteiger partial charge on any atom is 0.173 e. The lowest BCUT2D eigenvalue weighted by Crippen LogP contribution is -2.24. The summed E-state index contributed by atoms with van der Waals surface area (Å²) in [5.41, 5.74) is 1.95. The molecule has 1 atom stereocenters. The first kappa shape index (κ1) is 15.6. The predicted octanol–water partition coefficient (Wildman–Crippen LogP) is 5.07. The van der Waals surface area contributed by atoms with Crippen molar-refractivity contribution in [2.45, 2.75) is 25.8 Å². The Bertz CT molecular complexity index is 557. The van der Waals surface area contributed by atoms with E-state index in [1.54, 1.807) is 17.4 Å². The van der Waals surface area contributed by atoms with Crippen LogP contribution in [0.15, 0.2) is 33.4 Å². The first-order valence-electron chi connectivity index (χ1n) is 6.51. The number of hydrogen-bond donors (Lipinski definition) is 1. The van der Waals surface area contributed by atoms with Gasteiger partial charge in [0, 0.05) is 6.04 Å². The molecule has 1 unspecified atom stereocenters. The molecule has 5 heteroatoms. The number of hydrogen-bond acceptors (Lipinski definition) is 2. The van der Waals surface area contributed by atoms with Crippen LogP contribution in [-0.4, -0.2) is 6.54 Å². The third-order valence-electron chi connectivity index (χ3n) is 3.10. The molecule has 0 aliphatic carbocycles. The van der Waals surface area contributed by atoms with Gasteiger partial charge in [-0.15, -0.1) is 0 Å². The number of rotatable bonds is 6. The van der Waals surface area contributed by atoms with E-state index in [2.05, 4.69) is 39.6 Å². The quantitative estimate of drug-likeness (QED) is 0.709. The van der Waals surface area contributed by atoms with Gasteiger partial charge in [-0.25, -0.2) is 8.78 Å². The van der Waals surface area contributed by atoms with Crippen molar-refractivity contribution in [2.75, 3.05) is 6.54 Å². The normalized spacial score (nSPS) is 12.6. The highest BCUT2D eigenvalue weighted by atomic mass is 79.9. The number of benzene rings is 1. The lowest BCUT2D eigenvalue weighted by atomic mass is 10.00. The van der Waals surface area contributed by atoms with Crippen molar-refractivity contribution in [3.05, 3.63) is 56.2 Å². The Kier molecular flexibility index (Phi) is 5.69. The number of thiophene rings is 1. The van der Waals surface area contributed by atoms with Crippen LogP contribution in [0.2, 0.25) is 0 Å². The van der Waals surface area contributed by atoms with Crippen LogP contribution >= 0.6 is 27.3 Å². The minimum atomic E-state index is -0.828. The molecule has 20 heavy (non-hydrogen) atoms. The highest BCUT2D eigenvalue weighted by Crippen LogP contribution is 2.30. The maximum absolute atomic E-state index is 13.7. The average Bonchev–Trinajstić information content (AvgIpc) is 2.94. The zero-order valence-corrected chi connectivity index (χ0v) is 13.5. The Morgan fingerprint density at radius 2 is 2.10 bits per heavy atom. The van der Waals surface area contributed by atoms with Crippen LogP contribution in [0, 0.1) is 11.6 Å². The van der Waals surface area contributed by atoms with Crippen molar-refractivity contribution in [3.63, 3.8) is 0 Å². The highest BCUT2D eigenvalue weighted by molar-refractivity contribution is 9.10. The van der Waals surface area contributed by atoms with Crippen molar-refractivity contribution in [1.29, 1.82) is 0 Å². The zero-order valence-electron chi connectivity index (χ0n) is 11.1. The Morgan fingerprint density at radius 1 is 1.30 bits per heavy atom. The zero-order chi connectivity index (χ0) is 14.5.